The summed E-state index contributed by atoms with van der Waals surface area (Å²) < 4.78 is 1.16. The summed E-state index contributed by atoms with van der Waals surface area (Å²) in [5.41, 5.74) is 3.43. The van der Waals surface area contributed by atoms with Crippen molar-refractivity contribution in [3.8, 4) is 0 Å². The second-order valence-electron chi connectivity index (χ2n) is 4.73. The average Bonchev–Trinajstić information content (AvgIpc) is 2.81. The summed E-state index contributed by atoms with van der Waals surface area (Å²) >= 11 is 5.10. The van der Waals surface area contributed by atoms with Crippen molar-refractivity contribution in [1.29, 1.82) is 0 Å². The van der Waals surface area contributed by atoms with E-state index in [1.165, 1.54) is 11.1 Å². The molecule has 1 saturated heterocycles. The summed E-state index contributed by atoms with van der Waals surface area (Å²) in [6, 6.07) is 4.26. The fourth-order valence-corrected chi connectivity index (χ4v) is 4.06. The van der Waals surface area contributed by atoms with Crippen LogP contribution in [0.4, 0.5) is 5.13 Å². The van der Waals surface area contributed by atoms with Gasteiger partial charge >= 0.3 is 0 Å². The minimum atomic E-state index is 0.158. The van der Waals surface area contributed by atoms with Crippen molar-refractivity contribution >= 4 is 48.5 Å². The molecule has 2 aromatic rings. The fraction of sp³-hybridized carbons (Fsp3) is 0.385. The molecular weight excluding hydrogens is 312 g/mol. The van der Waals surface area contributed by atoms with Gasteiger partial charge in [-0.05, 0) is 31.0 Å². The van der Waals surface area contributed by atoms with Crippen LogP contribution in [0.1, 0.15) is 17.5 Å². The Balaban J connectivity index is 2.09. The van der Waals surface area contributed by atoms with Gasteiger partial charge in [-0.3, -0.25) is 9.69 Å². The third kappa shape index (κ3) is 1.95. The number of hydrogen-bond donors (Lipinski definition) is 0. The van der Waals surface area contributed by atoms with E-state index in [0.717, 1.165) is 21.9 Å². The average molecular weight is 325 g/mol. The first kappa shape index (κ1) is 12.1. The van der Waals surface area contributed by atoms with Gasteiger partial charge in [0, 0.05) is 17.8 Å². The van der Waals surface area contributed by atoms with E-state index in [4.69, 9.17) is 0 Å². The number of alkyl halides is 1. The Labute approximate surface area is 118 Å². The molecule has 18 heavy (non-hydrogen) atoms. The molecule has 3 rings (SSSR count). The summed E-state index contributed by atoms with van der Waals surface area (Å²) in [5, 5.41) is 0.825. The van der Waals surface area contributed by atoms with Crippen LogP contribution in [-0.2, 0) is 4.79 Å². The number of thiazole rings is 1. The molecule has 1 unspecified atom stereocenters. The minimum Gasteiger partial charge on any atom is -0.287 e. The molecule has 0 saturated carbocycles. The van der Waals surface area contributed by atoms with Crippen molar-refractivity contribution in [3.63, 3.8) is 0 Å². The second kappa shape index (κ2) is 4.31. The lowest BCUT2D eigenvalue weighted by atomic mass is 10.1. The smallest absolute Gasteiger partial charge is 0.230 e. The molecule has 1 atom stereocenters. The quantitative estimate of drug-likeness (QED) is 0.753. The molecule has 1 aromatic heterocycles. The molecule has 0 aliphatic carbocycles. The van der Waals surface area contributed by atoms with Gasteiger partial charge in [-0.25, -0.2) is 4.98 Å². The van der Waals surface area contributed by atoms with Gasteiger partial charge in [0.2, 0.25) is 5.91 Å². The van der Waals surface area contributed by atoms with E-state index >= 15 is 0 Å². The highest BCUT2D eigenvalue weighted by Gasteiger charge is 2.30. The summed E-state index contributed by atoms with van der Waals surface area (Å²) in [6.45, 7) is 4.87. The normalized spacial score (nSPS) is 20.1. The van der Waals surface area contributed by atoms with E-state index in [2.05, 4.69) is 46.9 Å². The largest absolute Gasteiger partial charge is 0.287 e. The zero-order chi connectivity index (χ0) is 12.9. The van der Waals surface area contributed by atoms with Crippen molar-refractivity contribution in [3.05, 3.63) is 23.3 Å². The lowest BCUT2D eigenvalue weighted by Crippen LogP contribution is -2.24. The van der Waals surface area contributed by atoms with Crippen LogP contribution in [0.15, 0.2) is 12.1 Å². The standard InChI is InChI=1S/C13H13BrN2OS/c1-7-3-8(2)12-10(4-7)18-13(15-12)16-6-9(14)5-11(16)17/h3-4,9H,5-6H2,1-2H3. The van der Waals surface area contributed by atoms with Gasteiger partial charge < -0.3 is 0 Å². The monoisotopic (exact) mass is 324 g/mol. The summed E-state index contributed by atoms with van der Waals surface area (Å²) in [4.78, 5) is 18.5. The van der Waals surface area contributed by atoms with Crippen LogP contribution in [0.2, 0.25) is 0 Å². The molecule has 94 valence electrons. The van der Waals surface area contributed by atoms with Gasteiger partial charge in [0.05, 0.1) is 10.2 Å². The number of carbonyl (C=O) groups excluding carboxylic acids is 1. The zero-order valence-electron chi connectivity index (χ0n) is 10.2. The second-order valence-corrected chi connectivity index (χ2v) is 7.03. The van der Waals surface area contributed by atoms with Gasteiger partial charge in [0.1, 0.15) is 0 Å². The number of amides is 1. The number of aryl methyl sites for hydroxylation is 2. The number of fused-ring (bicyclic) bond motifs is 1. The Morgan fingerprint density at radius 2 is 2.22 bits per heavy atom. The van der Waals surface area contributed by atoms with E-state index in [0.29, 0.717) is 6.42 Å². The molecule has 1 amide bonds. The molecule has 3 nitrogen and oxygen atoms in total. The minimum absolute atomic E-state index is 0.158. The lowest BCUT2D eigenvalue weighted by Gasteiger charge is -2.10. The van der Waals surface area contributed by atoms with E-state index in [9.17, 15) is 4.79 Å². The highest BCUT2D eigenvalue weighted by molar-refractivity contribution is 9.09. The van der Waals surface area contributed by atoms with Crippen molar-refractivity contribution < 1.29 is 4.79 Å². The Morgan fingerprint density at radius 1 is 1.44 bits per heavy atom. The van der Waals surface area contributed by atoms with E-state index < -0.39 is 0 Å². The molecule has 1 aliphatic rings. The maximum atomic E-state index is 11.9. The van der Waals surface area contributed by atoms with Crippen LogP contribution in [0.25, 0.3) is 10.2 Å². The number of nitrogens with zero attached hydrogens (tertiary/aromatic N) is 2. The Kier molecular flexibility index (Phi) is 2.90. The van der Waals surface area contributed by atoms with E-state index in [-0.39, 0.29) is 10.7 Å². The molecule has 2 heterocycles. The number of hydrogen-bond acceptors (Lipinski definition) is 3. The third-order valence-electron chi connectivity index (χ3n) is 3.13. The maximum absolute atomic E-state index is 11.9. The molecule has 1 aliphatic heterocycles. The number of rotatable bonds is 1. The van der Waals surface area contributed by atoms with Crippen molar-refractivity contribution in [2.24, 2.45) is 0 Å². The van der Waals surface area contributed by atoms with Crippen LogP contribution >= 0.6 is 27.3 Å². The number of halogens is 1. The first-order valence-electron chi connectivity index (χ1n) is 5.87. The summed E-state index contributed by atoms with van der Waals surface area (Å²) in [7, 11) is 0. The lowest BCUT2D eigenvalue weighted by molar-refractivity contribution is -0.117. The first-order chi connectivity index (χ1) is 8.54. The number of aromatic nitrogens is 1. The molecule has 5 heteroatoms. The molecule has 0 spiro atoms. The highest BCUT2D eigenvalue weighted by Crippen LogP contribution is 2.34. The van der Waals surface area contributed by atoms with E-state index in [1.807, 2.05) is 0 Å². The molecule has 0 bridgehead atoms. The Morgan fingerprint density at radius 3 is 2.89 bits per heavy atom. The van der Waals surface area contributed by atoms with Crippen LogP contribution in [-0.4, -0.2) is 22.3 Å². The molecule has 0 N–H and O–H groups in total. The van der Waals surface area contributed by atoms with Crippen LogP contribution in [0, 0.1) is 13.8 Å². The van der Waals surface area contributed by atoms with Crippen molar-refractivity contribution in [2.75, 3.05) is 11.4 Å². The van der Waals surface area contributed by atoms with Crippen LogP contribution in [0.5, 0.6) is 0 Å². The van der Waals surface area contributed by atoms with Crippen LogP contribution < -0.4 is 4.90 Å². The summed E-state index contributed by atoms with van der Waals surface area (Å²) in [5.74, 6) is 0.158. The summed E-state index contributed by atoms with van der Waals surface area (Å²) in [6.07, 6.45) is 0.563. The predicted molar refractivity (Wildman–Crippen MR) is 78.8 cm³/mol. The Hall–Kier alpha value is -0.940. The van der Waals surface area contributed by atoms with Gasteiger partial charge in [-0.1, -0.05) is 33.3 Å². The van der Waals surface area contributed by atoms with Gasteiger partial charge in [-0.15, -0.1) is 0 Å². The molecule has 0 radical (unpaired) electrons. The highest BCUT2D eigenvalue weighted by atomic mass is 79.9. The van der Waals surface area contributed by atoms with Gasteiger partial charge in [-0.2, -0.15) is 0 Å². The zero-order valence-corrected chi connectivity index (χ0v) is 12.6. The topological polar surface area (TPSA) is 33.2 Å². The first-order valence-corrected chi connectivity index (χ1v) is 7.60. The number of anilines is 1. The third-order valence-corrected chi connectivity index (χ3v) is 4.77. The predicted octanol–water partition coefficient (Wildman–Crippen LogP) is 3.41. The molecule has 1 aromatic carbocycles. The van der Waals surface area contributed by atoms with Crippen molar-refractivity contribution in [2.45, 2.75) is 25.1 Å². The number of benzene rings is 1. The van der Waals surface area contributed by atoms with Crippen LogP contribution in [0.3, 0.4) is 0 Å². The van der Waals surface area contributed by atoms with E-state index in [1.54, 1.807) is 16.2 Å². The van der Waals surface area contributed by atoms with Gasteiger partial charge in [0.25, 0.3) is 0 Å². The SMILES string of the molecule is Cc1cc(C)c2nc(N3CC(Br)CC3=O)sc2c1. The molecule has 1 fully saturated rings. The Bertz CT molecular complexity index is 637. The molecular formula is C13H13BrN2OS. The fourth-order valence-electron chi connectivity index (χ4n) is 2.32. The van der Waals surface area contributed by atoms with Gasteiger partial charge in [0.15, 0.2) is 5.13 Å². The van der Waals surface area contributed by atoms with Crippen molar-refractivity contribution in [1.82, 2.24) is 4.98 Å². The maximum Gasteiger partial charge on any atom is 0.230 e. The number of carbonyl (C=O) groups is 1.